The summed E-state index contributed by atoms with van der Waals surface area (Å²) in [4.78, 5) is 40.5. The average Bonchev–Trinajstić information content (AvgIpc) is 2.82. The van der Waals surface area contributed by atoms with Gasteiger partial charge >= 0.3 is 32.2 Å². The molecule has 0 aliphatic rings. The molecule has 0 aliphatic carbocycles. The van der Waals surface area contributed by atoms with Gasteiger partial charge in [0.2, 0.25) is 0 Å². The minimum Gasteiger partial charge on any atom is -0.545 e. The van der Waals surface area contributed by atoms with Gasteiger partial charge in [0.15, 0.2) is 0 Å². The van der Waals surface area contributed by atoms with E-state index in [-0.39, 0.29) is 37.3 Å². The first kappa shape index (κ1) is 28.9. The second-order valence-corrected chi connectivity index (χ2v) is 5.87. The van der Waals surface area contributed by atoms with E-state index >= 15 is 0 Å². The van der Waals surface area contributed by atoms with Crippen molar-refractivity contribution in [1.82, 2.24) is 0 Å². The molecule has 0 radical (unpaired) electrons. The number of hydrogen-bond donors (Lipinski definition) is 0. The Balaban J connectivity index is 0.000000455. The Morgan fingerprint density at radius 1 is 0.656 bits per heavy atom. The van der Waals surface area contributed by atoms with E-state index < -0.39 is 17.9 Å². The first-order chi connectivity index (χ1) is 15.0. The van der Waals surface area contributed by atoms with Crippen LogP contribution in [-0.2, 0) is 36.0 Å². The van der Waals surface area contributed by atoms with Crippen LogP contribution in [0.2, 0.25) is 0 Å². The number of carboxylic acid groups (broad SMARTS) is 2. The summed E-state index contributed by atoms with van der Waals surface area (Å²) in [5.74, 6) is -2.71. The Labute approximate surface area is 205 Å². The number of carboxylic acids is 2. The number of rotatable bonds is 6. The first-order valence-electron chi connectivity index (χ1n) is 9.37. The largest absolute Gasteiger partial charge is 2.00 e. The molecule has 3 aromatic rings. The molecule has 3 aromatic carbocycles. The van der Waals surface area contributed by atoms with Gasteiger partial charge in [-0.3, -0.25) is 4.89 Å². The van der Waals surface area contributed by atoms with Crippen molar-refractivity contribution >= 4 is 17.9 Å². The minimum absolute atomic E-state index is 0. The molecule has 0 unspecified atom stereocenters. The second kappa shape index (κ2) is 17.6. The molecule has 3 rings (SSSR count). The number of hydrogen-bond acceptors (Lipinski definition) is 7. The summed E-state index contributed by atoms with van der Waals surface area (Å²) in [6, 6.07) is 24.9. The molecule has 0 fully saturated rings. The van der Waals surface area contributed by atoms with E-state index in [1.807, 2.05) is 13.0 Å². The molecular formula is C24H22O7Zr. The fourth-order valence-corrected chi connectivity index (χ4v) is 1.95. The Hall–Kier alpha value is -3.09. The number of aromatic carboxylic acids is 2. The van der Waals surface area contributed by atoms with Crippen LogP contribution in [0.25, 0.3) is 0 Å². The molecule has 0 saturated heterocycles. The quantitative estimate of drug-likeness (QED) is 0.282. The van der Waals surface area contributed by atoms with Gasteiger partial charge < -0.3 is 19.8 Å². The summed E-state index contributed by atoms with van der Waals surface area (Å²) in [6.07, 6.45) is 0.821. The molecule has 0 aromatic heterocycles. The monoisotopic (exact) mass is 512 g/mol. The van der Waals surface area contributed by atoms with E-state index in [2.05, 4.69) is 9.78 Å². The van der Waals surface area contributed by atoms with Gasteiger partial charge in [0, 0.05) is 0 Å². The van der Waals surface area contributed by atoms with Crippen LogP contribution in [0.3, 0.4) is 0 Å². The minimum atomic E-state index is -1.13. The molecule has 0 heterocycles. The van der Waals surface area contributed by atoms with Gasteiger partial charge in [0.25, 0.3) is 0 Å². The van der Waals surface area contributed by atoms with E-state index in [0.29, 0.717) is 12.2 Å². The maximum Gasteiger partial charge on any atom is 2.00 e. The molecule has 0 atom stereocenters. The van der Waals surface area contributed by atoms with Crippen LogP contribution in [0.1, 0.15) is 44.4 Å². The molecular weight excluding hydrogens is 491 g/mol. The van der Waals surface area contributed by atoms with E-state index in [1.54, 1.807) is 60.7 Å². The van der Waals surface area contributed by atoms with Crippen LogP contribution in [0, 0.1) is 0 Å². The Bertz CT molecular complexity index is 867. The zero-order chi connectivity index (χ0) is 22.9. The van der Waals surface area contributed by atoms with Crippen LogP contribution in [0.4, 0.5) is 0 Å². The van der Waals surface area contributed by atoms with Crippen LogP contribution < -0.4 is 10.2 Å². The molecule has 164 valence electrons. The summed E-state index contributed by atoms with van der Waals surface area (Å²) in [5.41, 5.74) is 0.939. The second-order valence-electron chi connectivity index (χ2n) is 5.87. The zero-order valence-corrected chi connectivity index (χ0v) is 19.9. The van der Waals surface area contributed by atoms with Gasteiger partial charge in [0.05, 0.1) is 24.1 Å². The Morgan fingerprint density at radius 3 is 1.28 bits per heavy atom. The van der Waals surface area contributed by atoms with Gasteiger partial charge in [-0.05, 0) is 29.7 Å². The summed E-state index contributed by atoms with van der Waals surface area (Å²) in [6.45, 7) is 2.37. The molecule has 0 bridgehead atoms. The van der Waals surface area contributed by atoms with Crippen molar-refractivity contribution in [1.29, 1.82) is 0 Å². The van der Waals surface area contributed by atoms with Crippen molar-refractivity contribution in [2.45, 2.75) is 13.3 Å². The number of benzene rings is 3. The van der Waals surface area contributed by atoms with E-state index in [9.17, 15) is 24.6 Å². The molecule has 0 amide bonds. The molecule has 0 aliphatic heterocycles. The van der Waals surface area contributed by atoms with E-state index in [1.165, 1.54) is 24.3 Å². The third-order valence-corrected chi connectivity index (χ3v) is 3.45. The van der Waals surface area contributed by atoms with Crippen molar-refractivity contribution in [2.24, 2.45) is 0 Å². The molecule has 0 spiro atoms. The Morgan fingerprint density at radius 2 is 1.00 bits per heavy atom. The predicted molar refractivity (Wildman–Crippen MR) is 110 cm³/mol. The Kier molecular flexibility index (Phi) is 15.9. The van der Waals surface area contributed by atoms with E-state index in [0.717, 1.165) is 6.42 Å². The van der Waals surface area contributed by atoms with Crippen molar-refractivity contribution in [3.8, 4) is 0 Å². The maximum absolute atomic E-state index is 11.2. The summed E-state index contributed by atoms with van der Waals surface area (Å²) in [7, 11) is 0. The number of carbonyl (C=O) groups excluding carboxylic acids is 3. The van der Waals surface area contributed by atoms with Crippen LogP contribution >= 0.6 is 0 Å². The standard InChI is InChI=1S/C10H12O3.2C7H6O2.Zr/c1-2-8-12-13-10(11)9-6-4-3-5-7-9;2*8-7(9)6-4-2-1-3-5-6;/h3-7H,2,8H2,1H3;2*1-5H,(H,8,9);/q;;;+2/p-2. The van der Waals surface area contributed by atoms with Gasteiger partial charge in [-0.2, -0.15) is 4.89 Å². The molecule has 8 heteroatoms. The van der Waals surface area contributed by atoms with Gasteiger partial charge in [-0.15, -0.1) is 0 Å². The normalized spacial score (nSPS) is 8.91. The van der Waals surface area contributed by atoms with Gasteiger partial charge in [-0.25, -0.2) is 4.79 Å². The van der Waals surface area contributed by atoms with Crippen molar-refractivity contribution < 1.29 is 60.6 Å². The summed E-state index contributed by atoms with van der Waals surface area (Å²) >= 11 is 0. The third kappa shape index (κ3) is 12.6. The zero-order valence-electron chi connectivity index (χ0n) is 17.4. The maximum atomic E-state index is 11.2. The van der Waals surface area contributed by atoms with Crippen LogP contribution in [0.15, 0.2) is 91.0 Å². The molecule has 7 nitrogen and oxygen atoms in total. The fourth-order valence-electron chi connectivity index (χ4n) is 1.95. The van der Waals surface area contributed by atoms with Gasteiger partial charge in [-0.1, -0.05) is 85.8 Å². The topological polar surface area (TPSA) is 116 Å². The first-order valence-corrected chi connectivity index (χ1v) is 9.37. The molecule has 0 saturated carbocycles. The predicted octanol–water partition coefficient (Wildman–Crippen LogP) is 2.28. The van der Waals surface area contributed by atoms with Crippen LogP contribution in [-0.4, -0.2) is 24.5 Å². The number of carbonyl (C=O) groups is 3. The SMILES string of the molecule is CCCOOC(=O)c1ccccc1.O=C([O-])c1ccccc1.O=C([O-])c1ccccc1.[Zr+2]. The summed E-state index contributed by atoms with van der Waals surface area (Å²) in [5, 5.41) is 20.2. The third-order valence-electron chi connectivity index (χ3n) is 3.45. The van der Waals surface area contributed by atoms with Crippen molar-refractivity contribution in [2.75, 3.05) is 6.61 Å². The van der Waals surface area contributed by atoms with E-state index in [4.69, 9.17) is 0 Å². The van der Waals surface area contributed by atoms with Crippen molar-refractivity contribution in [3.63, 3.8) is 0 Å². The van der Waals surface area contributed by atoms with Crippen molar-refractivity contribution in [3.05, 3.63) is 108 Å². The molecule has 32 heavy (non-hydrogen) atoms. The smallest absolute Gasteiger partial charge is 0.545 e. The van der Waals surface area contributed by atoms with Crippen LogP contribution in [0.5, 0.6) is 0 Å². The average molecular weight is 514 g/mol. The molecule has 0 N–H and O–H groups in total. The fraction of sp³-hybridized carbons (Fsp3) is 0.125. The summed E-state index contributed by atoms with van der Waals surface area (Å²) < 4.78 is 0. The van der Waals surface area contributed by atoms with Gasteiger partial charge in [0.1, 0.15) is 0 Å².